The molecule has 0 spiro atoms. The van der Waals surface area contributed by atoms with Crippen molar-refractivity contribution >= 4 is 21.6 Å². The zero-order valence-electron chi connectivity index (χ0n) is 10.1. The first-order chi connectivity index (χ1) is 8.26. The van der Waals surface area contributed by atoms with Crippen LogP contribution in [0.4, 0.5) is 23.2 Å². The van der Waals surface area contributed by atoms with Gasteiger partial charge < -0.3 is 4.90 Å². The van der Waals surface area contributed by atoms with Crippen molar-refractivity contribution in [1.29, 1.82) is 0 Å². The van der Waals surface area contributed by atoms with E-state index in [0.29, 0.717) is 10.9 Å². The first-order valence-electron chi connectivity index (χ1n) is 5.43. The summed E-state index contributed by atoms with van der Waals surface area (Å²) in [6.45, 7) is 2.05. The van der Waals surface area contributed by atoms with Crippen molar-refractivity contribution in [3.63, 3.8) is 0 Å². The smallest absolute Gasteiger partial charge is 0.357 e. The summed E-state index contributed by atoms with van der Waals surface area (Å²) in [4.78, 5) is 1.03. The molecule has 0 unspecified atom stereocenters. The molecule has 102 valence electrons. The Labute approximate surface area is 112 Å². The van der Waals surface area contributed by atoms with Crippen molar-refractivity contribution in [2.75, 3.05) is 11.4 Å². The summed E-state index contributed by atoms with van der Waals surface area (Å²) in [5.74, 6) is -0.634. The summed E-state index contributed by atoms with van der Waals surface area (Å²) >= 11 is 3.16. The molecule has 0 aliphatic rings. The van der Waals surface area contributed by atoms with Crippen molar-refractivity contribution in [1.82, 2.24) is 0 Å². The molecule has 0 atom stereocenters. The molecule has 0 bridgehead atoms. The van der Waals surface area contributed by atoms with Crippen LogP contribution >= 0.6 is 15.9 Å². The van der Waals surface area contributed by atoms with Crippen molar-refractivity contribution in [2.24, 2.45) is 0 Å². The predicted octanol–water partition coefficient (Wildman–Crippen LogP) is 4.50. The van der Waals surface area contributed by atoms with Crippen LogP contribution in [0.25, 0.3) is 0 Å². The molecule has 1 rings (SSSR count). The average molecular weight is 328 g/mol. The number of benzene rings is 1. The van der Waals surface area contributed by atoms with Crippen LogP contribution in [0.2, 0.25) is 0 Å². The van der Waals surface area contributed by atoms with Gasteiger partial charge in [-0.3, -0.25) is 0 Å². The molecule has 1 nitrogen and oxygen atoms in total. The third-order valence-corrected chi connectivity index (χ3v) is 3.08. The summed E-state index contributed by atoms with van der Waals surface area (Å²) in [6, 6.07) is 3.83. The number of hydrogen-bond acceptors (Lipinski definition) is 1. The lowest BCUT2D eigenvalue weighted by atomic mass is 10.1. The van der Waals surface area contributed by atoms with Crippen LogP contribution < -0.4 is 4.90 Å². The quantitative estimate of drug-likeness (QED) is 0.581. The summed E-state index contributed by atoms with van der Waals surface area (Å²) < 4.78 is 51.4. The van der Waals surface area contributed by atoms with E-state index in [2.05, 4.69) is 15.9 Å². The second-order valence-electron chi connectivity index (χ2n) is 4.22. The Morgan fingerprint density at radius 3 is 2.33 bits per heavy atom. The maximum absolute atomic E-state index is 13.8. The van der Waals surface area contributed by atoms with Gasteiger partial charge >= 0.3 is 6.18 Å². The molecule has 0 radical (unpaired) electrons. The van der Waals surface area contributed by atoms with Gasteiger partial charge in [0.05, 0.1) is 5.69 Å². The third-order valence-electron chi connectivity index (χ3n) is 2.47. The summed E-state index contributed by atoms with van der Waals surface area (Å²) in [5, 5.41) is 0.307. The molecular weight excluding hydrogens is 314 g/mol. The number of nitrogens with zero attached hydrogens (tertiary/aromatic N) is 1. The van der Waals surface area contributed by atoms with E-state index in [9.17, 15) is 17.6 Å². The minimum atomic E-state index is -4.36. The largest absolute Gasteiger partial charge is 0.405 e. The normalized spacial score (nSPS) is 12.0. The van der Waals surface area contributed by atoms with Crippen molar-refractivity contribution in [3.05, 3.63) is 29.6 Å². The molecule has 18 heavy (non-hydrogen) atoms. The monoisotopic (exact) mass is 327 g/mol. The first-order valence-corrected chi connectivity index (χ1v) is 6.55. The highest BCUT2D eigenvalue weighted by atomic mass is 79.9. The van der Waals surface area contributed by atoms with Gasteiger partial charge in [0.15, 0.2) is 0 Å². The van der Waals surface area contributed by atoms with Gasteiger partial charge in [0.1, 0.15) is 12.4 Å². The Hall–Kier alpha value is -0.780. The van der Waals surface area contributed by atoms with E-state index in [0.717, 1.165) is 4.90 Å². The SMILES string of the molecule is CC(C)N(CC(F)(F)F)c1c(F)cccc1CBr. The summed E-state index contributed by atoms with van der Waals surface area (Å²) in [7, 11) is 0. The summed E-state index contributed by atoms with van der Waals surface area (Å²) in [6.07, 6.45) is -4.36. The molecule has 0 amide bonds. The van der Waals surface area contributed by atoms with E-state index in [1.165, 1.54) is 12.1 Å². The highest BCUT2D eigenvalue weighted by Crippen LogP contribution is 2.30. The zero-order chi connectivity index (χ0) is 13.9. The van der Waals surface area contributed by atoms with Gasteiger partial charge in [-0.15, -0.1) is 0 Å². The van der Waals surface area contributed by atoms with E-state index in [1.54, 1.807) is 19.9 Å². The maximum Gasteiger partial charge on any atom is 0.405 e. The van der Waals surface area contributed by atoms with E-state index in [4.69, 9.17) is 0 Å². The van der Waals surface area contributed by atoms with Crippen LogP contribution in [0.3, 0.4) is 0 Å². The van der Waals surface area contributed by atoms with E-state index in [1.807, 2.05) is 0 Å². The predicted molar refractivity (Wildman–Crippen MR) is 67.6 cm³/mol. The molecule has 0 aliphatic carbocycles. The molecule has 1 aromatic rings. The average Bonchev–Trinajstić information content (AvgIpc) is 2.24. The van der Waals surface area contributed by atoms with Crippen LogP contribution in [0, 0.1) is 5.82 Å². The highest BCUT2D eigenvalue weighted by Gasteiger charge is 2.33. The molecule has 0 N–H and O–H groups in total. The van der Waals surface area contributed by atoms with Crippen LogP contribution in [-0.2, 0) is 5.33 Å². The van der Waals surface area contributed by atoms with E-state index < -0.39 is 24.6 Å². The van der Waals surface area contributed by atoms with Gasteiger partial charge in [-0.1, -0.05) is 28.1 Å². The molecular formula is C12H14BrF4N. The van der Waals surface area contributed by atoms with Gasteiger partial charge in [0.2, 0.25) is 0 Å². The Bertz CT molecular complexity index is 404. The minimum Gasteiger partial charge on any atom is -0.357 e. The van der Waals surface area contributed by atoms with Gasteiger partial charge in [-0.2, -0.15) is 13.2 Å². The van der Waals surface area contributed by atoms with E-state index in [-0.39, 0.29) is 5.69 Å². The van der Waals surface area contributed by atoms with Gasteiger partial charge in [0.25, 0.3) is 0 Å². The molecule has 0 aromatic heterocycles. The fourth-order valence-electron chi connectivity index (χ4n) is 1.70. The Morgan fingerprint density at radius 1 is 1.28 bits per heavy atom. The number of anilines is 1. The van der Waals surface area contributed by atoms with Crippen molar-refractivity contribution in [3.8, 4) is 0 Å². The van der Waals surface area contributed by atoms with Crippen LogP contribution in [0.1, 0.15) is 19.4 Å². The standard InChI is InChI=1S/C12H14BrF4N/c1-8(2)18(7-12(15,16)17)11-9(6-13)4-3-5-10(11)14/h3-5,8H,6-7H2,1-2H3. The van der Waals surface area contributed by atoms with Crippen molar-refractivity contribution < 1.29 is 17.6 Å². The molecule has 0 saturated heterocycles. The summed E-state index contributed by atoms with van der Waals surface area (Å²) in [5.41, 5.74) is 0.523. The lowest BCUT2D eigenvalue weighted by molar-refractivity contribution is -0.120. The molecule has 1 aromatic carbocycles. The van der Waals surface area contributed by atoms with E-state index >= 15 is 0 Å². The Balaban J connectivity index is 3.21. The maximum atomic E-state index is 13.8. The third kappa shape index (κ3) is 3.86. The number of halogens is 5. The zero-order valence-corrected chi connectivity index (χ0v) is 11.6. The molecule has 0 saturated carbocycles. The molecule has 0 heterocycles. The number of para-hydroxylation sites is 1. The lowest BCUT2D eigenvalue weighted by Gasteiger charge is -2.31. The number of hydrogen-bond donors (Lipinski definition) is 0. The van der Waals surface area contributed by atoms with Gasteiger partial charge in [-0.25, -0.2) is 4.39 Å². The van der Waals surface area contributed by atoms with Gasteiger partial charge in [-0.05, 0) is 25.5 Å². The first kappa shape index (κ1) is 15.3. The topological polar surface area (TPSA) is 3.24 Å². The number of rotatable bonds is 4. The Morgan fingerprint density at radius 2 is 1.89 bits per heavy atom. The number of alkyl halides is 4. The van der Waals surface area contributed by atoms with Crippen LogP contribution in [0.5, 0.6) is 0 Å². The fourth-order valence-corrected chi connectivity index (χ4v) is 2.15. The molecule has 0 aliphatic heterocycles. The Kier molecular flexibility index (Phi) is 5.01. The van der Waals surface area contributed by atoms with Gasteiger partial charge in [0, 0.05) is 11.4 Å². The molecule has 0 fully saturated rings. The van der Waals surface area contributed by atoms with Crippen LogP contribution in [-0.4, -0.2) is 18.8 Å². The fraction of sp³-hybridized carbons (Fsp3) is 0.500. The lowest BCUT2D eigenvalue weighted by Crippen LogP contribution is -2.40. The molecule has 6 heteroatoms. The van der Waals surface area contributed by atoms with Crippen LogP contribution in [0.15, 0.2) is 18.2 Å². The van der Waals surface area contributed by atoms with Crippen molar-refractivity contribution in [2.45, 2.75) is 31.4 Å². The second-order valence-corrected chi connectivity index (χ2v) is 4.78. The second kappa shape index (κ2) is 5.91. The highest BCUT2D eigenvalue weighted by molar-refractivity contribution is 9.08. The minimum absolute atomic E-state index is 0.0155.